The monoisotopic (exact) mass is 232 g/mol. The molecule has 0 aliphatic carbocycles. The molecule has 92 valence electrons. The molecule has 1 aromatic carbocycles. The maximum Gasteiger partial charge on any atom is 0.244 e. The molecular weight excluding hydrogens is 212 g/mol. The Labute approximate surface area is 103 Å². The van der Waals surface area contributed by atoms with Crippen molar-refractivity contribution in [3.63, 3.8) is 0 Å². The van der Waals surface area contributed by atoms with Crippen molar-refractivity contribution < 1.29 is 4.79 Å². The molecule has 3 nitrogen and oxygen atoms in total. The van der Waals surface area contributed by atoms with Crippen molar-refractivity contribution in [2.75, 3.05) is 11.4 Å². The normalized spacial score (nSPS) is 16.8. The Morgan fingerprint density at radius 1 is 1.35 bits per heavy atom. The third kappa shape index (κ3) is 2.20. The van der Waals surface area contributed by atoms with Gasteiger partial charge in [0, 0.05) is 12.2 Å². The maximum atomic E-state index is 12.4. The van der Waals surface area contributed by atoms with Gasteiger partial charge in [-0.2, -0.15) is 0 Å². The van der Waals surface area contributed by atoms with Gasteiger partial charge in [0.1, 0.15) is 0 Å². The summed E-state index contributed by atoms with van der Waals surface area (Å²) in [5.74, 6) is 0.0300. The van der Waals surface area contributed by atoms with Crippen LogP contribution in [0.4, 0.5) is 5.69 Å². The molecule has 1 aliphatic heterocycles. The van der Waals surface area contributed by atoms with Gasteiger partial charge < -0.3 is 10.6 Å². The summed E-state index contributed by atoms with van der Waals surface area (Å²) in [6.07, 6.45) is 0.929. The fraction of sp³-hybridized carbons (Fsp3) is 0.500. The van der Waals surface area contributed by atoms with E-state index in [2.05, 4.69) is 6.07 Å². The fourth-order valence-corrected chi connectivity index (χ4v) is 2.11. The van der Waals surface area contributed by atoms with Crippen LogP contribution in [0.5, 0.6) is 0 Å². The minimum Gasteiger partial charge on any atom is -0.319 e. The minimum atomic E-state index is -0.450. The first-order chi connectivity index (χ1) is 7.91. The van der Waals surface area contributed by atoms with Gasteiger partial charge in [-0.1, -0.05) is 39.0 Å². The minimum absolute atomic E-state index is 0.0300. The van der Waals surface area contributed by atoms with Crippen LogP contribution >= 0.6 is 0 Å². The first-order valence-electron chi connectivity index (χ1n) is 6.06. The second-order valence-corrected chi connectivity index (χ2v) is 5.71. The molecule has 1 atom stereocenters. The average Bonchev–Trinajstić information content (AvgIpc) is 2.69. The zero-order valence-electron chi connectivity index (χ0n) is 10.7. The van der Waals surface area contributed by atoms with Crippen LogP contribution in [0.3, 0.4) is 0 Å². The summed E-state index contributed by atoms with van der Waals surface area (Å²) in [5.41, 5.74) is 8.10. The van der Waals surface area contributed by atoms with E-state index in [0.29, 0.717) is 0 Å². The SMILES string of the molecule is CC(C)(C)C(N)C(=O)N1CCc2ccccc21. The van der Waals surface area contributed by atoms with Gasteiger partial charge in [-0.15, -0.1) is 0 Å². The lowest BCUT2D eigenvalue weighted by Crippen LogP contribution is -2.50. The summed E-state index contributed by atoms with van der Waals surface area (Å²) < 4.78 is 0. The van der Waals surface area contributed by atoms with Crippen LogP contribution in [0.1, 0.15) is 26.3 Å². The van der Waals surface area contributed by atoms with Crippen LogP contribution in [-0.2, 0) is 11.2 Å². The Morgan fingerprint density at radius 3 is 2.65 bits per heavy atom. The number of nitrogens with zero attached hydrogens (tertiary/aromatic N) is 1. The fourth-order valence-electron chi connectivity index (χ4n) is 2.11. The summed E-state index contributed by atoms with van der Waals surface area (Å²) in [6.45, 7) is 6.74. The topological polar surface area (TPSA) is 46.3 Å². The van der Waals surface area contributed by atoms with Crippen molar-refractivity contribution in [3.8, 4) is 0 Å². The van der Waals surface area contributed by atoms with E-state index in [9.17, 15) is 4.79 Å². The molecule has 1 aromatic rings. The number of nitrogens with two attached hydrogens (primary N) is 1. The highest BCUT2D eigenvalue weighted by Crippen LogP contribution is 2.29. The van der Waals surface area contributed by atoms with Crippen LogP contribution in [0.2, 0.25) is 0 Å². The first kappa shape index (κ1) is 12.1. The Morgan fingerprint density at radius 2 is 2.00 bits per heavy atom. The number of benzene rings is 1. The zero-order valence-corrected chi connectivity index (χ0v) is 10.7. The largest absolute Gasteiger partial charge is 0.319 e. The molecule has 0 saturated carbocycles. The molecule has 0 spiro atoms. The van der Waals surface area contributed by atoms with E-state index in [1.54, 1.807) is 0 Å². The molecule has 3 heteroatoms. The van der Waals surface area contributed by atoms with Gasteiger partial charge in [-0.25, -0.2) is 0 Å². The Balaban J connectivity index is 2.24. The summed E-state index contributed by atoms with van der Waals surface area (Å²) in [4.78, 5) is 14.2. The van der Waals surface area contributed by atoms with E-state index in [1.165, 1.54) is 5.56 Å². The molecule has 1 aliphatic rings. The Bertz CT molecular complexity index is 434. The number of hydrogen-bond donors (Lipinski definition) is 1. The third-order valence-electron chi connectivity index (χ3n) is 3.35. The van der Waals surface area contributed by atoms with Gasteiger partial charge in [-0.05, 0) is 23.5 Å². The number of hydrogen-bond acceptors (Lipinski definition) is 2. The highest BCUT2D eigenvalue weighted by molar-refractivity contribution is 5.99. The predicted molar refractivity (Wildman–Crippen MR) is 69.9 cm³/mol. The van der Waals surface area contributed by atoms with Gasteiger partial charge in [0.25, 0.3) is 0 Å². The highest BCUT2D eigenvalue weighted by Gasteiger charge is 2.34. The molecule has 1 amide bonds. The lowest BCUT2D eigenvalue weighted by Gasteiger charge is -2.30. The zero-order chi connectivity index (χ0) is 12.6. The number of rotatable bonds is 1. The van der Waals surface area contributed by atoms with Crippen molar-refractivity contribution in [1.29, 1.82) is 0 Å². The number of para-hydroxylation sites is 1. The van der Waals surface area contributed by atoms with E-state index in [4.69, 9.17) is 5.73 Å². The molecular formula is C14H20N2O. The molecule has 2 rings (SSSR count). The second kappa shape index (κ2) is 4.15. The van der Waals surface area contributed by atoms with Crippen LogP contribution < -0.4 is 10.6 Å². The Kier molecular flexibility index (Phi) is 2.96. The van der Waals surface area contributed by atoms with Crippen molar-refractivity contribution >= 4 is 11.6 Å². The summed E-state index contributed by atoms with van der Waals surface area (Å²) in [5, 5.41) is 0. The number of anilines is 1. The molecule has 0 aromatic heterocycles. The van der Waals surface area contributed by atoms with Gasteiger partial charge in [0.05, 0.1) is 6.04 Å². The number of amides is 1. The van der Waals surface area contributed by atoms with Crippen molar-refractivity contribution in [1.82, 2.24) is 0 Å². The molecule has 17 heavy (non-hydrogen) atoms. The van der Waals surface area contributed by atoms with E-state index in [-0.39, 0.29) is 11.3 Å². The van der Waals surface area contributed by atoms with Crippen molar-refractivity contribution in [2.45, 2.75) is 33.2 Å². The van der Waals surface area contributed by atoms with Crippen molar-refractivity contribution in [3.05, 3.63) is 29.8 Å². The van der Waals surface area contributed by atoms with Crippen LogP contribution in [0.25, 0.3) is 0 Å². The molecule has 2 N–H and O–H groups in total. The highest BCUT2D eigenvalue weighted by atomic mass is 16.2. The maximum absolute atomic E-state index is 12.4. The summed E-state index contributed by atoms with van der Waals surface area (Å²) in [7, 11) is 0. The quantitative estimate of drug-likeness (QED) is 0.804. The smallest absolute Gasteiger partial charge is 0.244 e. The van der Waals surface area contributed by atoms with E-state index < -0.39 is 6.04 Å². The summed E-state index contributed by atoms with van der Waals surface area (Å²) in [6, 6.07) is 7.60. The predicted octanol–water partition coefficient (Wildman–Crippen LogP) is 1.95. The Hall–Kier alpha value is -1.35. The van der Waals surface area contributed by atoms with Crippen LogP contribution in [0.15, 0.2) is 24.3 Å². The number of fused-ring (bicyclic) bond motifs is 1. The summed E-state index contributed by atoms with van der Waals surface area (Å²) >= 11 is 0. The molecule has 1 heterocycles. The van der Waals surface area contributed by atoms with Gasteiger partial charge in [0.2, 0.25) is 5.91 Å². The van der Waals surface area contributed by atoms with Crippen LogP contribution in [0, 0.1) is 5.41 Å². The standard InChI is InChI=1S/C14H20N2O/c1-14(2,3)12(15)13(17)16-9-8-10-6-4-5-7-11(10)16/h4-7,12H,8-9,15H2,1-3H3. The van der Waals surface area contributed by atoms with Crippen LogP contribution in [-0.4, -0.2) is 18.5 Å². The van der Waals surface area contributed by atoms with Gasteiger partial charge in [-0.3, -0.25) is 4.79 Å². The number of carbonyl (C=O) groups excluding carboxylic acids is 1. The van der Waals surface area contributed by atoms with Gasteiger partial charge >= 0.3 is 0 Å². The first-order valence-corrected chi connectivity index (χ1v) is 6.06. The van der Waals surface area contributed by atoms with E-state index in [1.807, 2.05) is 43.9 Å². The second-order valence-electron chi connectivity index (χ2n) is 5.71. The van der Waals surface area contributed by atoms with E-state index in [0.717, 1.165) is 18.7 Å². The lowest BCUT2D eigenvalue weighted by atomic mass is 9.86. The average molecular weight is 232 g/mol. The third-order valence-corrected chi connectivity index (χ3v) is 3.35. The molecule has 0 radical (unpaired) electrons. The number of carbonyl (C=O) groups is 1. The lowest BCUT2D eigenvalue weighted by molar-refractivity contribution is -0.121. The van der Waals surface area contributed by atoms with E-state index >= 15 is 0 Å². The molecule has 0 fully saturated rings. The van der Waals surface area contributed by atoms with Crippen molar-refractivity contribution in [2.24, 2.45) is 11.1 Å². The molecule has 0 bridgehead atoms. The molecule has 1 unspecified atom stereocenters. The van der Waals surface area contributed by atoms with Gasteiger partial charge in [0.15, 0.2) is 0 Å². The molecule has 0 saturated heterocycles.